The number of rotatable bonds is 8. The van der Waals surface area contributed by atoms with Gasteiger partial charge in [0, 0.05) is 29.2 Å². The van der Waals surface area contributed by atoms with Crippen molar-refractivity contribution in [1.29, 1.82) is 5.26 Å². The Kier molecular flexibility index (Phi) is 8.24. The predicted octanol–water partition coefficient (Wildman–Crippen LogP) is 5.46. The average molecular weight is 617 g/mol. The van der Waals surface area contributed by atoms with Crippen LogP contribution in [0.1, 0.15) is 56.0 Å². The van der Waals surface area contributed by atoms with Gasteiger partial charge in [-0.25, -0.2) is 9.79 Å². The number of para-hydroxylation sites is 1. The van der Waals surface area contributed by atoms with E-state index >= 15 is 0 Å². The molecule has 0 amide bonds. The molecule has 1 atom stereocenters. The molecule has 0 fully saturated rings. The van der Waals surface area contributed by atoms with Crippen LogP contribution >= 0.6 is 11.3 Å². The molecule has 2 aromatic heterocycles. The van der Waals surface area contributed by atoms with Crippen LogP contribution in [0.15, 0.2) is 100 Å². The van der Waals surface area contributed by atoms with Gasteiger partial charge in [0.05, 0.1) is 46.2 Å². The molecular formula is C36H32N4O4S. The number of nitrogens with zero attached hydrogens (tertiary/aromatic N) is 4. The Morgan fingerprint density at radius 2 is 1.82 bits per heavy atom. The fourth-order valence-electron chi connectivity index (χ4n) is 5.63. The van der Waals surface area contributed by atoms with Crippen LogP contribution in [0, 0.1) is 11.3 Å². The predicted molar refractivity (Wildman–Crippen MR) is 175 cm³/mol. The number of carbonyl (C=O) groups excluding carboxylic acids is 1. The summed E-state index contributed by atoms with van der Waals surface area (Å²) in [7, 11) is 0. The SMILES string of the molecule is CCOc1ccc([C@H]2C(C(=O)OC(C)C)=C(C)N=c3s/c(=C/c4cn(Cc5ccc(C#N)cc5)c5ccccc45)c(=O)n32)cc1. The Labute approximate surface area is 264 Å². The summed E-state index contributed by atoms with van der Waals surface area (Å²) in [6.07, 6.45) is 3.62. The number of fused-ring (bicyclic) bond motifs is 2. The van der Waals surface area contributed by atoms with E-state index in [-0.39, 0.29) is 11.7 Å². The Morgan fingerprint density at radius 1 is 1.09 bits per heavy atom. The summed E-state index contributed by atoms with van der Waals surface area (Å²) in [5.41, 5.74) is 5.00. The van der Waals surface area contributed by atoms with E-state index in [1.807, 2.05) is 85.9 Å². The minimum Gasteiger partial charge on any atom is -0.494 e. The van der Waals surface area contributed by atoms with E-state index in [0.29, 0.717) is 45.1 Å². The normalized spacial score (nSPS) is 14.8. The Bertz CT molecular complexity index is 2160. The molecule has 0 saturated heterocycles. The van der Waals surface area contributed by atoms with Gasteiger partial charge in [-0.2, -0.15) is 5.26 Å². The molecule has 3 aromatic carbocycles. The molecule has 0 spiro atoms. The van der Waals surface area contributed by atoms with Crippen LogP contribution in [0.5, 0.6) is 5.75 Å². The molecule has 0 radical (unpaired) electrons. The number of aromatic nitrogens is 2. The molecule has 1 aliphatic rings. The van der Waals surface area contributed by atoms with Crippen LogP contribution in [0.25, 0.3) is 17.0 Å². The first-order valence-corrected chi connectivity index (χ1v) is 15.6. The van der Waals surface area contributed by atoms with Crippen LogP contribution in [0.2, 0.25) is 0 Å². The van der Waals surface area contributed by atoms with Gasteiger partial charge in [-0.3, -0.25) is 9.36 Å². The third kappa shape index (κ3) is 5.85. The third-order valence-corrected chi connectivity index (χ3v) is 8.62. The number of allylic oxidation sites excluding steroid dienone is 1. The summed E-state index contributed by atoms with van der Waals surface area (Å²) in [6.45, 7) is 8.44. The minimum absolute atomic E-state index is 0.232. The van der Waals surface area contributed by atoms with Crippen molar-refractivity contribution >= 4 is 34.3 Å². The van der Waals surface area contributed by atoms with E-state index in [9.17, 15) is 9.59 Å². The van der Waals surface area contributed by atoms with Gasteiger partial charge >= 0.3 is 5.97 Å². The number of thiazole rings is 1. The largest absolute Gasteiger partial charge is 0.494 e. The highest BCUT2D eigenvalue weighted by molar-refractivity contribution is 7.07. The second-order valence-corrected chi connectivity index (χ2v) is 12.1. The number of hydrogen-bond acceptors (Lipinski definition) is 7. The highest BCUT2D eigenvalue weighted by atomic mass is 32.1. The molecule has 9 heteroatoms. The van der Waals surface area contributed by atoms with E-state index in [4.69, 9.17) is 19.7 Å². The zero-order valence-corrected chi connectivity index (χ0v) is 26.3. The Balaban J connectivity index is 1.48. The maximum atomic E-state index is 14.2. The molecule has 1 aliphatic heterocycles. The van der Waals surface area contributed by atoms with E-state index in [2.05, 4.69) is 16.7 Å². The maximum Gasteiger partial charge on any atom is 0.338 e. The second kappa shape index (κ2) is 12.4. The van der Waals surface area contributed by atoms with Gasteiger partial charge in [0.2, 0.25) is 0 Å². The van der Waals surface area contributed by atoms with Crippen molar-refractivity contribution in [2.45, 2.75) is 46.4 Å². The van der Waals surface area contributed by atoms with Gasteiger partial charge in [-0.1, -0.05) is 53.8 Å². The van der Waals surface area contributed by atoms with Crippen LogP contribution in [-0.4, -0.2) is 27.8 Å². The highest BCUT2D eigenvalue weighted by Gasteiger charge is 2.34. The van der Waals surface area contributed by atoms with Crippen LogP contribution in [-0.2, 0) is 16.1 Å². The molecule has 226 valence electrons. The zero-order chi connectivity index (χ0) is 31.7. The topological polar surface area (TPSA) is 98.6 Å². The Hall–Kier alpha value is -5.20. The molecule has 5 aromatic rings. The van der Waals surface area contributed by atoms with Crippen molar-refractivity contribution in [2.75, 3.05) is 6.61 Å². The summed E-state index contributed by atoms with van der Waals surface area (Å²) in [4.78, 5) is 32.9. The lowest BCUT2D eigenvalue weighted by atomic mass is 9.96. The van der Waals surface area contributed by atoms with Crippen LogP contribution in [0.3, 0.4) is 0 Å². The van der Waals surface area contributed by atoms with Crippen molar-refractivity contribution in [3.05, 3.63) is 132 Å². The van der Waals surface area contributed by atoms with Crippen molar-refractivity contribution in [2.24, 2.45) is 4.99 Å². The minimum atomic E-state index is -0.706. The van der Waals surface area contributed by atoms with Gasteiger partial charge in [0.15, 0.2) is 4.80 Å². The first kappa shape index (κ1) is 29.9. The molecule has 3 heterocycles. The summed E-state index contributed by atoms with van der Waals surface area (Å²) < 4.78 is 15.5. The molecular weight excluding hydrogens is 584 g/mol. The number of benzene rings is 3. The van der Waals surface area contributed by atoms with Crippen LogP contribution < -0.4 is 19.6 Å². The number of carbonyl (C=O) groups is 1. The van der Waals surface area contributed by atoms with E-state index in [1.54, 1.807) is 25.3 Å². The van der Waals surface area contributed by atoms with E-state index in [0.717, 1.165) is 27.6 Å². The zero-order valence-electron chi connectivity index (χ0n) is 25.5. The number of ether oxygens (including phenoxy) is 2. The van der Waals surface area contributed by atoms with Gasteiger partial charge in [-0.05, 0) is 75.2 Å². The lowest BCUT2D eigenvalue weighted by molar-refractivity contribution is -0.143. The summed E-state index contributed by atoms with van der Waals surface area (Å²) >= 11 is 1.30. The van der Waals surface area contributed by atoms with Gasteiger partial charge in [0.25, 0.3) is 5.56 Å². The smallest absolute Gasteiger partial charge is 0.338 e. The first-order chi connectivity index (χ1) is 21.8. The monoisotopic (exact) mass is 616 g/mol. The lowest BCUT2D eigenvalue weighted by Crippen LogP contribution is -2.40. The standard InChI is InChI=1S/C36H32N4O4S/c1-5-43-28-16-14-26(15-17-28)33-32(35(42)44-22(2)3)23(4)38-36-40(33)34(41)31(45-36)18-27-21-39(30-9-7-6-8-29(27)30)20-25-12-10-24(19-37)11-13-25/h6-18,21-22,33H,5,20H2,1-4H3/b31-18+/t33-/m0/s1. The molecule has 6 rings (SSSR count). The molecule has 0 bridgehead atoms. The average Bonchev–Trinajstić information content (AvgIpc) is 3.53. The number of hydrogen-bond donors (Lipinski definition) is 0. The van der Waals surface area contributed by atoms with Gasteiger partial charge in [-0.15, -0.1) is 0 Å². The second-order valence-electron chi connectivity index (χ2n) is 11.1. The van der Waals surface area contributed by atoms with Gasteiger partial charge in [0.1, 0.15) is 5.75 Å². The van der Waals surface area contributed by atoms with E-state index in [1.165, 1.54) is 11.3 Å². The summed E-state index contributed by atoms with van der Waals surface area (Å²) in [6, 6.07) is 24.5. The molecule has 0 unspecified atom stereocenters. The number of esters is 1. The van der Waals surface area contributed by atoms with E-state index < -0.39 is 12.0 Å². The van der Waals surface area contributed by atoms with Gasteiger partial charge < -0.3 is 14.0 Å². The fraction of sp³-hybridized carbons (Fsp3) is 0.222. The van der Waals surface area contributed by atoms with Crippen LogP contribution in [0.4, 0.5) is 0 Å². The quantitative estimate of drug-likeness (QED) is 0.216. The molecule has 0 N–H and O–H groups in total. The molecule has 45 heavy (non-hydrogen) atoms. The Morgan fingerprint density at radius 3 is 2.51 bits per heavy atom. The maximum absolute atomic E-state index is 14.2. The van der Waals surface area contributed by atoms with Crippen molar-refractivity contribution in [3.63, 3.8) is 0 Å². The first-order valence-electron chi connectivity index (χ1n) is 14.8. The molecule has 0 saturated carbocycles. The summed E-state index contributed by atoms with van der Waals surface area (Å²) in [5, 5.41) is 10.2. The third-order valence-electron chi connectivity index (χ3n) is 7.63. The number of nitriles is 1. The lowest BCUT2D eigenvalue weighted by Gasteiger charge is -2.25. The van der Waals surface area contributed by atoms with Crippen molar-refractivity contribution in [1.82, 2.24) is 9.13 Å². The summed E-state index contributed by atoms with van der Waals surface area (Å²) in [5.74, 6) is 0.211. The fourth-order valence-corrected chi connectivity index (χ4v) is 6.67. The molecule has 0 aliphatic carbocycles. The van der Waals surface area contributed by atoms with Crippen molar-refractivity contribution in [3.8, 4) is 11.8 Å². The van der Waals surface area contributed by atoms with Crippen molar-refractivity contribution < 1.29 is 14.3 Å². The molecule has 8 nitrogen and oxygen atoms in total. The highest BCUT2D eigenvalue weighted by Crippen LogP contribution is 2.32.